The first-order valence-electron chi connectivity index (χ1n) is 9.49. The van der Waals surface area contributed by atoms with Crippen LogP contribution < -0.4 is 10.1 Å². The van der Waals surface area contributed by atoms with Crippen molar-refractivity contribution < 1.29 is 23.5 Å². The summed E-state index contributed by atoms with van der Waals surface area (Å²) in [5, 5.41) is 3.60. The smallest absolute Gasteiger partial charge is 0.375 e. The van der Waals surface area contributed by atoms with Gasteiger partial charge in [-0.2, -0.15) is 0 Å². The van der Waals surface area contributed by atoms with Crippen LogP contribution in [0.3, 0.4) is 0 Å². The Morgan fingerprint density at radius 3 is 2.48 bits per heavy atom. The number of methoxy groups -OCH3 is 1. The van der Waals surface area contributed by atoms with Gasteiger partial charge in [0.25, 0.3) is 5.91 Å². The van der Waals surface area contributed by atoms with Gasteiger partial charge in [0.05, 0.1) is 7.11 Å². The van der Waals surface area contributed by atoms with Crippen molar-refractivity contribution in [2.75, 3.05) is 12.4 Å². The van der Waals surface area contributed by atoms with Crippen LogP contribution in [0.1, 0.15) is 48.4 Å². The van der Waals surface area contributed by atoms with Crippen LogP contribution in [0.25, 0.3) is 11.0 Å². The molecule has 0 unspecified atom stereocenters. The average Bonchev–Trinajstić information content (AvgIpc) is 3.04. The number of rotatable bonds is 6. The van der Waals surface area contributed by atoms with Crippen LogP contribution in [0.2, 0.25) is 0 Å². The van der Waals surface area contributed by atoms with Crippen molar-refractivity contribution in [3.63, 3.8) is 0 Å². The van der Waals surface area contributed by atoms with E-state index in [-0.39, 0.29) is 11.7 Å². The quantitative estimate of drug-likeness (QED) is 0.591. The summed E-state index contributed by atoms with van der Waals surface area (Å²) in [6.45, 7) is 7.40. The van der Waals surface area contributed by atoms with Crippen molar-refractivity contribution in [3.05, 3.63) is 59.4 Å². The number of carbonyl (C=O) groups excluding carboxylic acids is 2. The zero-order valence-electron chi connectivity index (χ0n) is 17.2. The number of benzene rings is 2. The molecule has 1 N–H and O–H groups in total. The van der Waals surface area contributed by atoms with E-state index in [4.69, 9.17) is 13.9 Å². The molecule has 1 atom stereocenters. The lowest BCUT2D eigenvalue weighted by molar-refractivity contribution is -0.123. The Morgan fingerprint density at radius 2 is 1.79 bits per heavy atom. The molecule has 0 saturated carbocycles. The standard InChI is InChI=1S/C23H25NO5/c1-13(2)17-8-6-7-9-19(17)24-22(25)15(4)28-23(26)21-14(3)18-12-16(27-5)10-11-20(18)29-21/h6-13,15H,1-5H3,(H,24,25)/t15-/m0/s1. The third-order valence-electron chi connectivity index (χ3n) is 4.82. The van der Waals surface area contributed by atoms with Gasteiger partial charge in [-0.3, -0.25) is 4.79 Å². The predicted molar refractivity (Wildman–Crippen MR) is 112 cm³/mol. The van der Waals surface area contributed by atoms with Gasteiger partial charge in [-0.05, 0) is 49.6 Å². The number of para-hydroxylation sites is 1. The SMILES string of the molecule is COc1ccc2oc(C(=O)O[C@@H](C)C(=O)Nc3ccccc3C(C)C)c(C)c2c1. The molecule has 1 amide bonds. The Labute approximate surface area is 169 Å². The number of nitrogens with one attached hydrogen (secondary N) is 1. The highest BCUT2D eigenvalue weighted by atomic mass is 16.6. The number of ether oxygens (including phenoxy) is 2. The predicted octanol–water partition coefficient (Wildman–Crippen LogP) is 5.06. The largest absolute Gasteiger partial charge is 0.497 e. The summed E-state index contributed by atoms with van der Waals surface area (Å²) in [6, 6.07) is 12.9. The van der Waals surface area contributed by atoms with Gasteiger partial charge < -0.3 is 19.2 Å². The molecule has 3 aromatic rings. The van der Waals surface area contributed by atoms with E-state index in [1.807, 2.05) is 38.1 Å². The molecular weight excluding hydrogens is 370 g/mol. The van der Waals surface area contributed by atoms with E-state index in [2.05, 4.69) is 5.32 Å². The minimum absolute atomic E-state index is 0.0792. The van der Waals surface area contributed by atoms with Crippen molar-refractivity contribution in [2.45, 2.75) is 39.7 Å². The maximum Gasteiger partial charge on any atom is 0.375 e. The minimum Gasteiger partial charge on any atom is -0.497 e. The molecule has 3 rings (SSSR count). The lowest BCUT2D eigenvalue weighted by Crippen LogP contribution is -2.30. The summed E-state index contributed by atoms with van der Waals surface area (Å²) in [4.78, 5) is 25.2. The molecule has 0 bridgehead atoms. The minimum atomic E-state index is -0.982. The summed E-state index contributed by atoms with van der Waals surface area (Å²) < 4.78 is 16.2. The highest BCUT2D eigenvalue weighted by Crippen LogP contribution is 2.29. The Morgan fingerprint density at radius 1 is 1.07 bits per heavy atom. The molecule has 0 aliphatic heterocycles. The van der Waals surface area contributed by atoms with E-state index in [1.165, 1.54) is 6.92 Å². The van der Waals surface area contributed by atoms with Crippen molar-refractivity contribution in [1.82, 2.24) is 0 Å². The number of aryl methyl sites for hydroxylation is 1. The van der Waals surface area contributed by atoms with Crippen LogP contribution in [0.4, 0.5) is 5.69 Å². The highest BCUT2D eigenvalue weighted by Gasteiger charge is 2.25. The third kappa shape index (κ3) is 4.26. The summed E-state index contributed by atoms with van der Waals surface area (Å²) in [5.74, 6) is -0.0905. The summed E-state index contributed by atoms with van der Waals surface area (Å²) in [5.41, 5.74) is 2.92. The molecule has 2 aromatic carbocycles. The molecule has 0 saturated heterocycles. The maximum atomic E-state index is 12.6. The molecule has 1 aromatic heterocycles. The third-order valence-corrected chi connectivity index (χ3v) is 4.82. The molecule has 1 heterocycles. The first kappa shape index (κ1) is 20.5. The van der Waals surface area contributed by atoms with Crippen molar-refractivity contribution in [3.8, 4) is 5.75 Å². The zero-order valence-corrected chi connectivity index (χ0v) is 17.2. The van der Waals surface area contributed by atoms with Gasteiger partial charge in [-0.25, -0.2) is 4.79 Å². The molecule has 0 radical (unpaired) electrons. The lowest BCUT2D eigenvalue weighted by atomic mass is 10.0. The van der Waals surface area contributed by atoms with Crippen molar-refractivity contribution >= 4 is 28.5 Å². The maximum absolute atomic E-state index is 12.6. The Hall–Kier alpha value is -3.28. The monoisotopic (exact) mass is 395 g/mol. The highest BCUT2D eigenvalue weighted by molar-refractivity contribution is 5.99. The molecule has 0 aliphatic rings. The van der Waals surface area contributed by atoms with Gasteiger partial charge in [0.2, 0.25) is 5.76 Å². The molecule has 152 valence electrons. The zero-order chi connectivity index (χ0) is 21.1. The van der Waals surface area contributed by atoms with E-state index in [0.717, 1.165) is 10.9 Å². The fourth-order valence-electron chi connectivity index (χ4n) is 3.14. The Bertz CT molecular complexity index is 1050. The van der Waals surface area contributed by atoms with Crippen LogP contribution in [-0.2, 0) is 9.53 Å². The number of amides is 1. The topological polar surface area (TPSA) is 77.8 Å². The first-order chi connectivity index (χ1) is 13.8. The molecular formula is C23H25NO5. The summed E-state index contributed by atoms with van der Waals surface area (Å²) in [7, 11) is 1.57. The molecule has 29 heavy (non-hydrogen) atoms. The Kier molecular flexibility index (Phi) is 5.92. The molecule has 6 nitrogen and oxygen atoms in total. The van der Waals surface area contributed by atoms with Gasteiger partial charge >= 0.3 is 5.97 Å². The number of fused-ring (bicyclic) bond motifs is 1. The second-order valence-corrected chi connectivity index (χ2v) is 7.20. The second kappa shape index (κ2) is 8.39. The molecule has 0 fully saturated rings. The normalized spacial score (nSPS) is 12.1. The molecule has 0 aliphatic carbocycles. The fourth-order valence-corrected chi connectivity index (χ4v) is 3.14. The van der Waals surface area contributed by atoms with Crippen LogP contribution in [0, 0.1) is 6.92 Å². The second-order valence-electron chi connectivity index (χ2n) is 7.20. The lowest BCUT2D eigenvalue weighted by Gasteiger charge is -2.16. The van der Waals surface area contributed by atoms with Gasteiger partial charge in [0.15, 0.2) is 6.10 Å². The number of anilines is 1. The van der Waals surface area contributed by atoms with Gasteiger partial charge in [0.1, 0.15) is 11.3 Å². The van der Waals surface area contributed by atoms with E-state index in [0.29, 0.717) is 22.6 Å². The number of hydrogen-bond acceptors (Lipinski definition) is 5. The summed E-state index contributed by atoms with van der Waals surface area (Å²) in [6.07, 6.45) is -0.982. The van der Waals surface area contributed by atoms with Crippen molar-refractivity contribution in [1.29, 1.82) is 0 Å². The van der Waals surface area contributed by atoms with Gasteiger partial charge in [-0.15, -0.1) is 0 Å². The number of furan rings is 1. The van der Waals surface area contributed by atoms with Crippen LogP contribution in [0.15, 0.2) is 46.9 Å². The van der Waals surface area contributed by atoms with E-state index in [9.17, 15) is 9.59 Å². The number of esters is 1. The van der Waals surface area contributed by atoms with E-state index in [1.54, 1.807) is 32.2 Å². The van der Waals surface area contributed by atoms with E-state index < -0.39 is 18.0 Å². The van der Waals surface area contributed by atoms with Gasteiger partial charge in [0, 0.05) is 16.6 Å². The fraction of sp³-hybridized carbons (Fsp3) is 0.304. The molecule has 6 heteroatoms. The number of carbonyl (C=O) groups is 2. The molecule has 0 spiro atoms. The van der Waals surface area contributed by atoms with Crippen LogP contribution in [-0.4, -0.2) is 25.1 Å². The summed E-state index contributed by atoms with van der Waals surface area (Å²) >= 11 is 0. The number of hydrogen-bond donors (Lipinski definition) is 1. The van der Waals surface area contributed by atoms with Crippen molar-refractivity contribution in [2.24, 2.45) is 0 Å². The van der Waals surface area contributed by atoms with Gasteiger partial charge in [-0.1, -0.05) is 32.0 Å². The van der Waals surface area contributed by atoms with Crippen LogP contribution in [0.5, 0.6) is 5.75 Å². The van der Waals surface area contributed by atoms with E-state index >= 15 is 0 Å². The average molecular weight is 395 g/mol. The first-order valence-corrected chi connectivity index (χ1v) is 9.49. The van der Waals surface area contributed by atoms with Crippen LogP contribution >= 0.6 is 0 Å². The Balaban J connectivity index is 1.74.